The smallest absolute Gasteiger partial charge is 0.182 e. The van der Waals surface area contributed by atoms with Crippen molar-refractivity contribution in [2.24, 2.45) is 0 Å². The summed E-state index contributed by atoms with van der Waals surface area (Å²) in [5, 5.41) is 4.33. The normalized spacial score (nSPS) is 11.6. The summed E-state index contributed by atoms with van der Waals surface area (Å²) < 4.78 is 8.88. The van der Waals surface area contributed by atoms with E-state index in [2.05, 4.69) is 76.3 Å². The third-order valence-corrected chi connectivity index (χ3v) is 8.11. The molecular weight excluding hydrogens is 542 g/mol. The molecule has 0 fully saturated rings. The molecule has 0 spiro atoms. The summed E-state index contributed by atoms with van der Waals surface area (Å²) in [4.78, 5) is 19.5. The van der Waals surface area contributed by atoms with Gasteiger partial charge in [-0.25, -0.2) is 15.0 Å². The number of hydrogen-bond acceptors (Lipinski definition) is 5. The van der Waals surface area contributed by atoms with Gasteiger partial charge in [-0.3, -0.25) is 4.98 Å². The van der Waals surface area contributed by atoms with Crippen molar-refractivity contribution >= 4 is 43.7 Å². The number of rotatable bonds is 4. The van der Waals surface area contributed by atoms with Crippen molar-refractivity contribution < 1.29 is 4.42 Å². The lowest BCUT2D eigenvalue weighted by Gasteiger charge is -2.10. The first-order valence-electron chi connectivity index (χ1n) is 14.5. The Labute approximate surface area is 251 Å². The summed E-state index contributed by atoms with van der Waals surface area (Å²) in [7, 11) is 0. The zero-order chi connectivity index (χ0) is 29.0. The standard InChI is InChI=1S/C38H23N5O/c1-3-12-24(13-4-1)36-40-37(42-38(41-36)29-18-9-10-23-39-29)28-17-11-20-31-33(28)34-32(44-31)22-21-27-26-16-7-8-19-30(26)43(35(27)34)25-14-5-2-6-15-25/h1-23H. The van der Waals surface area contributed by atoms with Crippen LogP contribution in [0.1, 0.15) is 0 Å². The molecule has 4 aromatic heterocycles. The molecule has 6 nitrogen and oxygen atoms in total. The van der Waals surface area contributed by atoms with Crippen LogP contribution in [0.15, 0.2) is 144 Å². The molecule has 0 N–H and O–H groups in total. The van der Waals surface area contributed by atoms with E-state index < -0.39 is 0 Å². The molecule has 0 amide bonds. The quantitative estimate of drug-likeness (QED) is 0.213. The van der Waals surface area contributed by atoms with Gasteiger partial charge >= 0.3 is 0 Å². The Balaban J connectivity index is 1.42. The van der Waals surface area contributed by atoms with Crippen LogP contribution in [0.3, 0.4) is 0 Å². The second kappa shape index (κ2) is 9.71. The van der Waals surface area contributed by atoms with Crippen molar-refractivity contribution in [3.63, 3.8) is 0 Å². The van der Waals surface area contributed by atoms with Crippen molar-refractivity contribution in [2.45, 2.75) is 0 Å². The Kier molecular flexibility index (Phi) is 5.40. The van der Waals surface area contributed by atoms with Crippen LogP contribution in [0, 0.1) is 0 Å². The highest BCUT2D eigenvalue weighted by molar-refractivity contribution is 6.26. The summed E-state index contributed by atoms with van der Waals surface area (Å²) in [6, 6.07) is 45.1. The fourth-order valence-corrected chi connectivity index (χ4v) is 6.21. The maximum absolute atomic E-state index is 6.54. The van der Waals surface area contributed by atoms with Gasteiger partial charge < -0.3 is 8.98 Å². The molecule has 0 saturated carbocycles. The average molecular weight is 566 g/mol. The largest absolute Gasteiger partial charge is 0.456 e. The van der Waals surface area contributed by atoms with Gasteiger partial charge in [-0.2, -0.15) is 0 Å². The molecule has 6 heteroatoms. The molecule has 0 atom stereocenters. The molecule has 9 aromatic rings. The third kappa shape index (κ3) is 3.75. The number of pyridine rings is 1. The highest BCUT2D eigenvalue weighted by Gasteiger charge is 2.22. The Bertz CT molecular complexity index is 2430. The van der Waals surface area contributed by atoms with Gasteiger partial charge in [-0.05, 0) is 48.5 Å². The van der Waals surface area contributed by atoms with Crippen LogP contribution in [0.5, 0.6) is 0 Å². The van der Waals surface area contributed by atoms with Gasteiger partial charge in [-0.15, -0.1) is 0 Å². The highest BCUT2D eigenvalue weighted by Crippen LogP contribution is 2.43. The van der Waals surface area contributed by atoms with Gasteiger partial charge in [0.2, 0.25) is 0 Å². The number of fused-ring (bicyclic) bond motifs is 7. The van der Waals surface area contributed by atoms with Crippen LogP contribution in [-0.2, 0) is 0 Å². The predicted octanol–water partition coefficient (Wildman–Crippen LogP) is 9.26. The van der Waals surface area contributed by atoms with Gasteiger partial charge in [0, 0.05) is 39.2 Å². The summed E-state index contributed by atoms with van der Waals surface area (Å²) in [5.41, 5.74) is 7.35. The summed E-state index contributed by atoms with van der Waals surface area (Å²) >= 11 is 0. The van der Waals surface area contributed by atoms with Crippen molar-refractivity contribution in [1.82, 2.24) is 24.5 Å². The van der Waals surface area contributed by atoms with Gasteiger partial charge in [0.05, 0.1) is 16.4 Å². The van der Waals surface area contributed by atoms with E-state index in [1.165, 1.54) is 5.39 Å². The molecule has 0 bridgehead atoms. The first-order chi connectivity index (χ1) is 21.8. The van der Waals surface area contributed by atoms with Crippen molar-refractivity contribution in [1.29, 1.82) is 0 Å². The monoisotopic (exact) mass is 565 g/mol. The molecule has 0 saturated heterocycles. The number of hydrogen-bond donors (Lipinski definition) is 0. The van der Waals surface area contributed by atoms with Crippen molar-refractivity contribution in [3.8, 4) is 40.0 Å². The highest BCUT2D eigenvalue weighted by atomic mass is 16.3. The molecule has 4 heterocycles. The van der Waals surface area contributed by atoms with E-state index in [0.29, 0.717) is 23.2 Å². The van der Waals surface area contributed by atoms with Gasteiger partial charge in [0.25, 0.3) is 0 Å². The van der Waals surface area contributed by atoms with Gasteiger partial charge in [-0.1, -0.05) is 84.9 Å². The van der Waals surface area contributed by atoms with Crippen LogP contribution in [-0.4, -0.2) is 24.5 Å². The lowest BCUT2D eigenvalue weighted by Crippen LogP contribution is -2.01. The van der Waals surface area contributed by atoms with E-state index in [-0.39, 0.29) is 0 Å². The molecular formula is C38H23N5O. The minimum atomic E-state index is 0.516. The maximum Gasteiger partial charge on any atom is 0.182 e. The Morgan fingerprint density at radius 2 is 1.23 bits per heavy atom. The maximum atomic E-state index is 6.54. The Morgan fingerprint density at radius 3 is 2.07 bits per heavy atom. The first kappa shape index (κ1) is 24.5. The molecule has 9 rings (SSSR count). The van der Waals surface area contributed by atoms with Gasteiger partial charge in [0.1, 0.15) is 16.9 Å². The molecule has 206 valence electrons. The first-order valence-corrected chi connectivity index (χ1v) is 14.5. The minimum absolute atomic E-state index is 0.516. The lowest BCUT2D eigenvalue weighted by atomic mass is 10.0. The minimum Gasteiger partial charge on any atom is -0.456 e. The number of nitrogens with zero attached hydrogens (tertiary/aromatic N) is 5. The Hall–Kier alpha value is -6.14. The molecule has 0 aliphatic heterocycles. The molecule has 0 radical (unpaired) electrons. The van der Waals surface area contributed by atoms with E-state index in [9.17, 15) is 0 Å². The van der Waals surface area contributed by atoms with Crippen LogP contribution < -0.4 is 0 Å². The van der Waals surface area contributed by atoms with E-state index >= 15 is 0 Å². The number of aromatic nitrogens is 5. The predicted molar refractivity (Wildman–Crippen MR) is 176 cm³/mol. The molecule has 0 aliphatic carbocycles. The fourth-order valence-electron chi connectivity index (χ4n) is 6.21. The van der Waals surface area contributed by atoms with E-state index in [0.717, 1.165) is 55.2 Å². The Morgan fingerprint density at radius 1 is 0.500 bits per heavy atom. The second-order valence-electron chi connectivity index (χ2n) is 10.7. The van der Waals surface area contributed by atoms with Crippen molar-refractivity contribution in [3.05, 3.63) is 140 Å². The lowest BCUT2D eigenvalue weighted by molar-refractivity contribution is 0.669. The summed E-state index contributed by atoms with van der Waals surface area (Å²) in [5.74, 6) is 1.67. The molecule has 0 unspecified atom stereocenters. The number of benzene rings is 5. The van der Waals surface area contributed by atoms with Crippen LogP contribution in [0.4, 0.5) is 0 Å². The van der Waals surface area contributed by atoms with E-state index in [1.54, 1.807) is 6.20 Å². The second-order valence-corrected chi connectivity index (χ2v) is 10.7. The molecule has 44 heavy (non-hydrogen) atoms. The third-order valence-electron chi connectivity index (χ3n) is 8.11. The summed E-state index contributed by atoms with van der Waals surface area (Å²) in [6.45, 7) is 0. The number of furan rings is 1. The summed E-state index contributed by atoms with van der Waals surface area (Å²) in [6.07, 6.45) is 1.75. The van der Waals surface area contributed by atoms with Crippen LogP contribution in [0.2, 0.25) is 0 Å². The SMILES string of the molecule is c1ccc(-c2nc(-c3ccccn3)nc(-c3cccc4oc5ccc6c7ccccc7n(-c7ccccc7)c6c5c34)n2)cc1. The van der Waals surface area contributed by atoms with Crippen LogP contribution in [0.25, 0.3) is 83.7 Å². The molecule has 5 aromatic carbocycles. The van der Waals surface area contributed by atoms with E-state index in [1.807, 2.05) is 66.7 Å². The topological polar surface area (TPSA) is 69.6 Å². The zero-order valence-electron chi connectivity index (χ0n) is 23.4. The van der Waals surface area contributed by atoms with Crippen LogP contribution >= 0.6 is 0 Å². The average Bonchev–Trinajstić information content (AvgIpc) is 3.65. The zero-order valence-corrected chi connectivity index (χ0v) is 23.4. The van der Waals surface area contributed by atoms with Crippen molar-refractivity contribution in [2.75, 3.05) is 0 Å². The van der Waals surface area contributed by atoms with Gasteiger partial charge in [0.15, 0.2) is 17.5 Å². The van der Waals surface area contributed by atoms with E-state index in [4.69, 9.17) is 19.4 Å². The fraction of sp³-hybridized carbons (Fsp3) is 0. The molecule has 0 aliphatic rings. The number of para-hydroxylation sites is 2.